The molecule has 0 saturated heterocycles. The molecule has 0 heterocycles. The topological polar surface area (TPSA) is 95.5 Å². The monoisotopic (exact) mass is 210 g/mol. The van der Waals surface area contributed by atoms with Gasteiger partial charge in [0.15, 0.2) is 0 Å². The molecule has 0 spiro atoms. The van der Waals surface area contributed by atoms with Crippen LogP contribution >= 0.6 is 0 Å². The van der Waals surface area contributed by atoms with Gasteiger partial charge < -0.3 is 10.5 Å². The van der Waals surface area contributed by atoms with Crippen LogP contribution in [0.1, 0.15) is 12.5 Å². The van der Waals surface area contributed by atoms with E-state index in [-0.39, 0.29) is 18.0 Å². The van der Waals surface area contributed by atoms with Crippen LogP contribution in [-0.2, 0) is 11.3 Å². The number of rotatable bonds is 3. The van der Waals surface area contributed by atoms with Crippen LogP contribution < -0.4 is 10.5 Å². The van der Waals surface area contributed by atoms with E-state index in [2.05, 4.69) is 0 Å². The number of nitrogens with zero attached hydrogens (tertiary/aromatic N) is 1. The number of para-hydroxylation sites is 1. The molecular formula is C9H10N2O4. The molecule has 0 aliphatic heterocycles. The number of nitro groups is 1. The Bertz CT molecular complexity index is 403. The van der Waals surface area contributed by atoms with Gasteiger partial charge in [-0.25, -0.2) is 0 Å². The number of esters is 1. The van der Waals surface area contributed by atoms with E-state index in [1.807, 2.05) is 0 Å². The number of benzene rings is 1. The first-order valence-electron chi connectivity index (χ1n) is 4.21. The summed E-state index contributed by atoms with van der Waals surface area (Å²) in [5.74, 6) is -0.684. The minimum atomic E-state index is -0.614. The van der Waals surface area contributed by atoms with Crippen molar-refractivity contribution in [1.29, 1.82) is 0 Å². The fraction of sp³-hybridized carbons (Fsp3) is 0.222. The van der Waals surface area contributed by atoms with Crippen molar-refractivity contribution in [1.82, 2.24) is 0 Å². The molecule has 2 N–H and O–H groups in total. The lowest BCUT2D eigenvalue weighted by Gasteiger charge is -2.06. The molecule has 1 aromatic rings. The third-order valence-corrected chi connectivity index (χ3v) is 1.74. The van der Waals surface area contributed by atoms with Gasteiger partial charge in [0.1, 0.15) is 0 Å². The second kappa shape index (κ2) is 4.52. The van der Waals surface area contributed by atoms with E-state index < -0.39 is 10.9 Å². The normalized spacial score (nSPS) is 9.73. The van der Waals surface area contributed by atoms with E-state index in [9.17, 15) is 14.9 Å². The summed E-state index contributed by atoms with van der Waals surface area (Å²) in [6, 6.07) is 4.33. The first-order chi connectivity index (χ1) is 7.06. The summed E-state index contributed by atoms with van der Waals surface area (Å²) >= 11 is 0. The van der Waals surface area contributed by atoms with Crippen molar-refractivity contribution in [3.63, 3.8) is 0 Å². The van der Waals surface area contributed by atoms with Gasteiger partial charge in [-0.3, -0.25) is 14.9 Å². The number of nitro benzene ring substituents is 1. The molecule has 6 heteroatoms. The Balaban J connectivity index is 3.26. The molecular weight excluding hydrogens is 200 g/mol. The largest absolute Gasteiger partial charge is 0.419 e. The van der Waals surface area contributed by atoms with Gasteiger partial charge in [-0.05, 0) is 0 Å². The van der Waals surface area contributed by atoms with Crippen molar-refractivity contribution in [3.05, 3.63) is 33.9 Å². The number of hydrogen-bond donors (Lipinski definition) is 1. The first kappa shape index (κ1) is 11.1. The highest BCUT2D eigenvalue weighted by Crippen LogP contribution is 2.30. The summed E-state index contributed by atoms with van der Waals surface area (Å²) in [7, 11) is 0. The van der Waals surface area contributed by atoms with Crippen LogP contribution in [0, 0.1) is 10.1 Å². The number of hydrogen-bond acceptors (Lipinski definition) is 5. The average molecular weight is 210 g/mol. The Kier molecular flexibility index (Phi) is 3.35. The lowest BCUT2D eigenvalue weighted by Crippen LogP contribution is -2.08. The van der Waals surface area contributed by atoms with Crippen molar-refractivity contribution in [3.8, 4) is 5.75 Å². The standard InChI is InChI=1S/C9H10N2O4/c1-6(12)15-9-7(5-10)3-2-4-8(9)11(13)14/h2-4H,5,10H2,1H3. The van der Waals surface area contributed by atoms with Gasteiger partial charge >= 0.3 is 11.7 Å². The summed E-state index contributed by atoms with van der Waals surface area (Å²) < 4.78 is 4.77. The van der Waals surface area contributed by atoms with Crippen LogP contribution in [0.5, 0.6) is 5.75 Å². The Morgan fingerprint density at radius 2 is 2.27 bits per heavy atom. The Labute approximate surface area is 85.8 Å². The van der Waals surface area contributed by atoms with Crippen molar-refractivity contribution < 1.29 is 14.5 Å². The molecule has 1 rings (SSSR count). The molecule has 0 atom stereocenters. The number of nitrogens with two attached hydrogens (primary N) is 1. The van der Waals surface area contributed by atoms with Gasteiger partial charge in [0.2, 0.25) is 5.75 Å². The summed E-state index contributed by atoms with van der Waals surface area (Å²) in [5, 5.41) is 10.6. The van der Waals surface area contributed by atoms with Gasteiger partial charge in [-0.1, -0.05) is 12.1 Å². The minimum Gasteiger partial charge on any atom is -0.419 e. The van der Waals surface area contributed by atoms with E-state index in [4.69, 9.17) is 10.5 Å². The fourth-order valence-corrected chi connectivity index (χ4v) is 1.14. The Hall–Kier alpha value is -1.95. The van der Waals surface area contributed by atoms with Crippen molar-refractivity contribution in [2.45, 2.75) is 13.5 Å². The van der Waals surface area contributed by atoms with Crippen LogP contribution in [0.25, 0.3) is 0 Å². The van der Waals surface area contributed by atoms with Crippen LogP contribution in [0.2, 0.25) is 0 Å². The van der Waals surface area contributed by atoms with Crippen molar-refractivity contribution in [2.75, 3.05) is 0 Å². The minimum absolute atomic E-state index is 0.0718. The maximum absolute atomic E-state index is 10.8. The molecule has 0 aromatic heterocycles. The Morgan fingerprint density at radius 1 is 1.60 bits per heavy atom. The highest BCUT2D eigenvalue weighted by Gasteiger charge is 2.19. The molecule has 0 aliphatic carbocycles. The molecule has 0 aliphatic rings. The van der Waals surface area contributed by atoms with Crippen LogP contribution in [0.15, 0.2) is 18.2 Å². The summed E-state index contributed by atoms with van der Waals surface area (Å²) in [6.07, 6.45) is 0. The molecule has 0 radical (unpaired) electrons. The van der Waals surface area contributed by atoms with Crippen LogP contribution in [0.3, 0.4) is 0 Å². The maximum atomic E-state index is 10.8. The van der Waals surface area contributed by atoms with Gasteiger partial charge in [-0.15, -0.1) is 0 Å². The lowest BCUT2D eigenvalue weighted by molar-refractivity contribution is -0.385. The molecule has 0 saturated carbocycles. The summed E-state index contributed by atoms with van der Waals surface area (Å²) in [6.45, 7) is 1.25. The van der Waals surface area contributed by atoms with Crippen LogP contribution in [0.4, 0.5) is 5.69 Å². The fourth-order valence-electron chi connectivity index (χ4n) is 1.14. The third kappa shape index (κ3) is 2.50. The number of carbonyl (C=O) groups is 1. The third-order valence-electron chi connectivity index (χ3n) is 1.74. The van der Waals surface area contributed by atoms with E-state index in [1.54, 1.807) is 6.07 Å². The zero-order valence-electron chi connectivity index (χ0n) is 8.10. The molecule has 0 fully saturated rings. The second-order valence-corrected chi connectivity index (χ2v) is 2.82. The molecule has 0 bridgehead atoms. The number of ether oxygens (including phenoxy) is 1. The predicted molar refractivity (Wildman–Crippen MR) is 52.3 cm³/mol. The molecule has 0 unspecified atom stereocenters. The predicted octanol–water partition coefficient (Wildman–Crippen LogP) is 0.979. The first-order valence-corrected chi connectivity index (χ1v) is 4.21. The van der Waals surface area contributed by atoms with Gasteiger partial charge in [0.05, 0.1) is 4.92 Å². The van der Waals surface area contributed by atoms with E-state index in [0.717, 1.165) is 0 Å². The van der Waals surface area contributed by atoms with E-state index >= 15 is 0 Å². The lowest BCUT2D eigenvalue weighted by atomic mass is 10.2. The van der Waals surface area contributed by atoms with Gasteiger partial charge in [-0.2, -0.15) is 0 Å². The molecule has 0 amide bonds. The highest BCUT2D eigenvalue weighted by molar-refractivity contribution is 5.72. The number of carbonyl (C=O) groups excluding carboxylic acids is 1. The van der Waals surface area contributed by atoms with Gasteiger partial charge in [0, 0.05) is 25.1 Å². The zero-order valence-corrected chi connectivity index (χ0v) is 8.10. The second-order valence-electron chi connectivity index (χ2n) is 2.82. The molecule has 80 valence electrons. The molecule has 1 aromatic carbocycles. The molecule has 15 heavy (non-hydrogen) atoms. The summed E-state index contributed by atoms with van der Waals surface area (Å²) in [4.78, 5) is 20.8. The van der Waals surface area contributed by atoms with Crippen LogP contribution in [-0.4, -0.2) is 10.9 Å². The van der Waals surface area contributed by atoms with Gasteiger partial charge in [0.25, 0.3) is 0 Å². The zero-order chi connectivity index (χ0) is 11.4. The summed E-state index contributed by atoms with van der Waals surface area (Å²) in [5.41, 5.74) is 5.56. The van der Waals surface area contributed by atoms with E-state index in [0.29, 0.717) is 5.56 Å². The van der Waals surface area contributed by atoms with Crippen molar-refractivity contribution in [2.24, 2.45) is 5.73 Å². The Morgan fingerprint density at radius 3 is 2.73 bits per heavy atom. The van der Waals surface area contributed by atoms with Crippen molar-refractivity contribution >= 4 is 11.7 Å². The smallest absolute Gasteiger partial charge is 0.312 e. The maximum Gasteiger partial charge on any atom is 0.312 e. The molecule has 6 nitrogen and oxygen atoms in total. The highest BCUT2D eigenvalue weighted by atomic mass is 16.6. The quantitative estimate of drug-likeness (QED) is 0.347. The average Bonchev–Trinajstić information content (AvgIpc) is 2.16. The van der Waals surface area contributed by atoms with E-state index in [1.165, 1.54) is 19.1 Å². The SMILES string of the molecule is CC(=O)Oc1c(CN)cccc1[N+](=O)[O-].